The van der Waals surface area contributed by atoms with Gasteiger partial charge in [0.25, 0.3) is 0 Å². The number of halogens is 2. The zero-order valence-electron chi connectivity index (χ0n) is 11.7. The van der Waals surface area contributed by atoms with Crippen LogP contribution in [0.25, 0.3) is 11.1 Å². The molecular formula is C15H13F2NO4. The normalized spacial score (nSPS) is 10.5. The first-order valence-electron chi connectivity index (χ1n) is 6.33. The highest BCUT2D eigenvalue weighted by molar-refractivity contribution is 5.89. The van der Waals surface area contributed by atoms with Crippen LogP contribution in [0.3, 0.4) is 0 Å². The van der Waals surface area contributed by atoms with E-state index in [0.717, 1.165) is 18.3 Å². The van der Waals surface area contributed by atoms with Crippen LogP contribution in [0.2, 0.25) is 0 Å². The maximum absolute atomic E-state index is 13.4. The maximum Gasteiger partial charge on any atom is 0.337 e. The predicted molar refractivity (Wildman–Crippen MR) is 73.9 cm³/mol. The third-order valence-corrected chi connectivity index (χ3v) is 2.85. The van der Waals surface area contributed by atoms with Crippen molar-refractivity contribution < 1.29 is 28.2 Å². The first-order chi connectivity index (χ1) is 10.5. The van der Waals surface area contributed by atoms with Crippen LogP contribution in [0.1, 0.15) is 10.4 Å². The number of aromatic carboxylic acids is 1. The fraction of sp³-hybridized carbons (Fsp3) is 0.200. The summed E-state index contributed by atoms with van der Waals surface area (Å²) in [5, 5.41) is 9.03. The van der Waals surface area contributed by atoms with Gasteiger partial charge in [-0.15, -0.1) is 0 Å². The van der Waals surface area contributed by atoms with E-state index in [1.165, 1.54) is 19.2 Å². The summed E-state index contributed by atoms with van der Waals surface area (Å²) < 4.78 is 36.7. The molecule has 0 aliphatic carbocycles. The molecule has 7 heteroatoms. The Labute approximate surface area is 125 Å². The number of carbonyl (C=O) groups is 1. The maximum atomic E-state index is 13.4. The standard InChI is InChI=1S/C15H13F2NO4/c1-21-4-5-22-14-11(6-10(8-18-14)15(19)20)9-2-3-12(16)13(17)7-9/h2-3,6-8H,4-5H2,1H3,(H,19,20). The summed E-state index contributed by atoms with van der Waals surface area (Å²) in [5.74, 6) is -3.10. The molecule has 116 valence electrons. The van der Waals surface area contributed by atoms with Gasteiger partial charge in [0.2, 0.25) is 5.88 Å². The molecular weight excluding hydrogens is 296 g/mol. The zero-order chi connectivity index (χ0) is 16.1. The van der Waals surface area contributed by atoms with Crippen molar-refractivity contribution in [2.45, 2.75) is 0 Å². The third-order valence-electron chi connectivity index (χ3n) is 2.85. The Balaban J connectivity index is 2.45. The number of aromatic nitrogens is 1. The van der Waals surface area contributed by atoms with Crippen LogP contribution in [-0.2, 0) is 4.74 Å². The monoisotopic (exact) mass is 309 g/mol. The number of pyridine rings is 1. The average molecular weight is 309 g/mol. The number of methoxy groups -OCH3 is 1. The van der Waals surface area contributed by atoms with Crippen LogP contribution in [0.5, 0.6) is 5.88 Å². The lowest BCUT2D eigenvalue weighted by Gasteiger charge is -2.11. The molecule has 0 unspecified atom stereocenters. The van der Waals surface area contributed by atoms with Gasteiger partial charge in [-0.25, -0.2) is 18.6 Å². The van der Waals surface area contributed by atoms with Crippen molar-refractivity contribution in [1.82, 2.24) is 4.98 Å². The Morgan fingerprint density at radius 1 is 1.23 bits per heavy atom. The molecule has 2 aromatic rings. The van der Waals surface area contributed by atoms with Crippen molar-refractivity contribution >= 4 is 5.97 Å². The average Bonchev–Trinajstić information content (AvgIpc) is 2.50. The second-order valence-corrected chi connectivity index (χ2v) is 4.35. The SMILES string of the molecule is COCCOc1ncc(C(=O)O)cc1-c1ccc(F)c(F)c1. The Morgan fingerprint density at radius 2 is 2.00 bits per heavy atom. The summed E-state index contributed by atoms with van der Waals surface area (Å²) >= 11 is 0. The lowest BCUT2D eigenvalue weighted by molar-refractivity contribution is 0.0696. The molecule has 0 fully saturated rings. The minimum Gasteiger partial charge on any atom is -0.478 e. The Bertz CT molecular complexity index is 691. The molecule has 0 atom stereocenters. The van der Waals surface area contributed by atoms with E-state index in [9.17, 15) is 13.6 Å². The lowest BCUT2D eigenvalue weighted by atomic mass is 10.0. The molecule has 0 saturated heterocycles. The molecule has 2 rings (SSSR count). The number of ether oxygens (including phenoxy) is 2. The van der Waals surface area contributed by atoms with Gasteiger partial charge in [0.05, 0.1) is 12.2 Å². The fourth-order valence-electron chi connectivity index (χ4n) is 1.78. The van der Waals surface area contributed by atoms with Crippen molar-refractivity contribution in [2.75, 3.05) is 20.3 Å². The van der Waals surface area contributed by atoms with Crippen molar-refractivity contribution in [3.8, 4) is 17.0 Å². The zero-order valence-corrected chi connectivity index (χ0v) is 11.7. The topological polar surface area (TPSA) is 68.7 Å². The van der Waals surface area contributed by atoms with Gasteiger partial charge in [0.1, 0.15) is 6.61 Å². The minimum absolute atomic E-state index is 0.0844. The van der Waals surface area contributed by atoms with E-state index in [1.807, 2.05) is 0 Å². The van der Waals surface area contributed by atoms with E-state index in [4.69, 9.17) is 14.6 Å². The van der Waals surface area contributed by atoms with Gasteiger partial charge in [-0.1, -0.05) is 6.07 Å². The van der Waals surface area contributed by atoms with E-state index in [1.54, 1.807) is 0 Å². The van der Waals surface area contributed by atoms with Crippen LogP contribution in [0.15, 0.2) is 30.5 Å². The molecule has 0 radical (unpaired) electrons. The molecule has 0 spiro atoms. The Hall–Kier alpha value is -2.54. The quantitative estimate of drug-likeness (QED) is 0.831. The predicted octanol–water partition coefficient (Wildman–Crippen LogP) is 2.75. The highest BCUT2D eigenvalue weighted by atomic mass is 19.2. The first-order valence-corrected chi connectivity index (χ1v) is 6.33. The largest absolute Gasteiger partial charge is 0.478 e. The molecule has 1 N–H and O–H groups in total. The smallest absolute Gasteiger partial charge is 0.337 e. The number of carboxylic acids is 1. The molecule has 5 nitrogen and oxygen atoms in total. The minimum atomic E-state index is -1.18. The number of hydrogen-bond acceptors (Lipinski definition) is 4. The van der Waals surface area contributed by atoms with Gasteiger partial charge in [-0.3, -0.25) is 0 Å². The summed E-state index contributed by atoms with van der Waals surface area (Å²) in [6, 6.07) is 4.53. The molecule has 0 saturated carbocycles. The summed E-state index contributed by atoms with van der Waals surface area (Å²) in [6.45, 7) is 0.492. The van der Waals surface area contributed by atoms with E-state index in [0.29, 0.717) is 6.61 Å². The summed E-state index contributed by atoms with van der Waals surface area (Å²) in [4.78, 5) is 15.0. The molecule has 1 aromatic carbocycles. The molecule has 0 aliphatic heterocycles. The molecule has 0 amide bonds. The molecule has 1 aromatic heterocycles. The van der Waals surface area contributed by atoms with Crippen LogP contribution < -0.4 is 4.74 Å². The number of rotatable bonds is 6. The highest BCUT2D eigenvalue weighted by Gasteiger charge is 2.14. The van der Waals surface area contributed by atoms with E-state index >= 15 is 0 Å². The van der Waals surface area contributed by atoms with Crippen molar-refractivity contribution in [3.63, 3.8) is 0 Å². The van der Waals surface area contributed by atoms with Crippen LogP contribution in [0.4, 0.5) is 8.78 Å². The van der Waals surface area contributed by atoms with Crippen LogP contribution >= 0.6 is 0 Å². The van der Waals surface area contributed by atoms with E-state index < -0.39 is 17.6 Å². The van der Waals surface area contributed by atoms with E-state index in [2.05, 4.69) is 4.98 Å². The number of benzene rings is 1. The first kappa shape index (κ1) is 15.8. The van der Waals surface area contributed by atoms with Crippen LogP contribution in [-0.4, -0.2) is 36.4 Å². The second-order valence-electron chi connectivity index (χ2n) is 4.35. The third kappa shape index (κ3) is 3.56. The van der Waals surface area contributed by atoms with Gasteiger partial charge in [-0.2, -0.15) is 0 Å². The molecule has 22 heavy (non-hydrogen) atoms. The van der Waals surface area contributed by atoms with Crippen molar-refractivity contribution in [1.29, 1.82) is 0 Å². The van der Waals surface area contributed by atoms with E-state index in [-0.39, 0.29) is 29.2 Å². The molecule has 0 bridgehead atoms. The Morgan fingerprint density at radius 3 is 2.64 bits per heavy atom. The molecule has 1 heterocycles. The summed E-state index contributed by atoms with van der Waals surface area (Å²) in [5.41, 5.74) is 0.440. The Kier molecular flexibility index (Phi) is 5.00. The summed E-state index contributed by atoms with van der Waals surface area (Å²) in [6.07, 6.45) is 1.13. The lowest BCUT2D eigenvalue weighted by Crippen LogP contribution is -2.07. The van der Waals surface area contributed by atoms with Crippen molar-refractivity contribution in [2.24, 2.45) is 0 Å². The summed E-state index contributed by atoms with van der Waals surface area (Å²) in [7, 11) is 1.50. The van der Waals surface area contributed by atoms with Gasteiger partial charge < -0.3 is 14.6 Å². The van der Waals surface area contributed by atoms with Gasteiger partial charge in [0, 0.05) is 18.9 Å². The van der Waals surface area contributed by atoms with Gasteiger partial charge in [-0.05, 0) is 23.8 Å². The number of hydrogen-bond donors (Lipinski definition) is 1. The van der Waals surface area contributed by atoms with Crippen molar-refractivity contribution in [3.05, 3.63) is 47.7 Å². The highest BCUT2D eigenvalue weighted by Crippen LogP contribution is 2.30. The number of carboxylic acid groups (broad SMARTS) is 1. The number of nitrogens with zero attached hydrogens (tertiary/aromatic N) is 1. The van der Waals surface area contributed by atoms with Gasteiger partial charge >= 0.3 is 5.97 Å². The fourth-order valence-corrected chi connectivity index (χ4v) is 1.78. The van der Waals surface area contributed by atoms with Crippen LogP contribution in [0, 0.1) is 11.6 Å². The van der Waals surface area contributed by atoms with Gasteiger partial charge in [0.15, 0.2) is 11.6 Å². The second kappa shape index (κ2) is 6.95. The molecule has 0 aliphatic rings.